The zero-order chi connectivity index (χ0) is 16.7. The van der Waals surface area contributed by atoms with Crippen LogP contribution >= 0.6 is 34.4 Å². The van der Waals surface area contributed by atoms with Crippen molar-refractivity contribution < 1.29 is 9.90 Å². The van der Waals surface area contributed by atoms with E-state index in [1.54, 1.807) is 6.07 Å². The molecule has 0 aliphatic heterocycles. The lowest BCUT2D eigenvalue weighted by molar-refractivity contribution is 0.0697. The highest BCUT2D eigenvalue weighted by atomic mass is 127. The first-order valence-electron chi connectivity index (χ1n) is 6.61. The number of amidine groups is 1. The molecule has 0 fully saturated rings. The molecule has 118 valence electrons. The van der Waals surface area contributed by atoms with E-state index in [1.165, 1.54) is 24.0 Å². The summed E-state index contributed by atoms with van der Waals surface area (Å²) in [6.45, 7) is 0. The summed E-state index contributed by atoms with van der Waals surface area (Å²) in [4.78, 5) is 11.0. The van der Waals surface area contributed by atoms with Gasteiger partial charge in [-0.15, -0.1) is 5.10 Å². The summed E-state index contributed by atoms with van der Waals surface area (Å²) in [5.41, 5.74) is 7.84. The highest BCUT2D eigenvalue weighted by molar-refractivity contribution is 14.1. The second-order valence-corrected chi connectivity index (χ2v) is 6.78. The van der Waals surface area contributed by atoms with E-state index in [4.69, 9.17) is 10.8 Å². The number of nitrogens with zero attached hydrogens (tertiary/aromatic N) is 2. The highest BCUT2D eigenvalue weighted by Crippen LogP contribution is 2.13. The molecule has 0 aliphatic carbocycles. The fourth-order valence-corrected chi connectivity index (χ4v) is 3.03. The van der Waals surface area contributed by atoms with Crippen LogP contribution < -0.4 is 5.73 Å². The molecule has 0 radical (unpaired) electrons. The molecule has 23 heavy (non-hydrogen) atoms. The Labute approximate surface area is 151 Å². The number of hydrogen-bond acceptors (Lipinski definition) is 4. The van der Waals surface area contributed by atoms with Gasteiger partial charge in [0.25, 0.3) is 0 Å². The molecule has 2 aromatic rings. The van der Waals surface area contributed by atoms with E-state index in [2.05, 4.69) is 32.8 Å². The van der Waals surface area contributed by atoms with Gasteiger partial charge in [-0.25, -0.2) is 4.79 Å². The van der Waals surface area contributed by atoms with E-state index in [9.17, 15) is 4.79 Å². The monoisotopic (exact) mass is 439 g/mol. The lowest BCUT2D eigenvalue weighted by Gasteiger charge is -2.00. The summed E-state index contributed by atoms with van der Waals surface area (Å²) < 4.78 is 0.819. The highest BCUT2D eigenvalue weighted by Gasteiger charge is 2.04. The van der Waals surface area contributed by atoms with E-state index in [0.717, 1.165) is 14.9 Å². The Morgan fingerprint density at radius 2 is 2.00 bits per heavy atom. The van der Waals surface area contributed by atoms with Gasteiger partial charge in [-0.3, -0.25) is 0 Å². The van der Waals surface area contributed by atoms with Crippen molar-refractivity contribution in [2.45, 2.75) is 5.75 Å². The summed E-state index contributed by atoms with van der Waals surface area (Å²) in [6, 6.07) is 14.9. The van der Waals surface area contributed by atoms with Crippen molar-refractivity contribution in [3.8, 4) is 0 Å². The van der Waals surface area contributed by atoms with Gasteiger partial charge in [-0.05, 0) is 51.9 Å². The van der Waals surface area contributed by atoms with Gasteiger partial charge in [0.1, 0.15) is 0 Å². The average Bonchev–Trinajstić information content (AvgIpc) is 2.53. The van der Waals surface area contributed by atoms with Crippen molar-refractivity contribution >= 4 is 51.7 Å². The molecule has 2 aromatic carbocycles. The molecule has 7 heteroatoms. The van der Waals surface area contributed by atoms with Crippen LogP contribution in [0.5, 0.6) is 0 Å². The molecule has 0 aromatic heterocycles. The third kappa shape index (κ3) is 6.03. The van der Waals surface area contributed by atoms with E-state index in [1.807, 2.05) is 36.4 Å². The number of rotatable bonds is 5. The van der Waals surface area contributed by atoms with Crippen molar-refractivity contribution in [1.29, 1.82) is 0 Å². The molecular weight excluding hydrogens is 425 g/mol. The van der Waals surface area contributed by atoms with Gasteiger partial charge < -0.3 is 10.8 Å². The SMILES string of the molecule is NC(=NN=Cc1cc(I)cc(C(=O)O)c1)SCc1ccccc1. The van der Waals surface area contributed by atoms with Crippen LogP contribution in [0.3, 0.4) is 0 Å². The van der Waals surface area contributed by atoms with Crippen LogP contribution in [0.15, 0.2) is 58.7 Å². The maximum absolute atomic E-state index is 11.0. The summed E-state index contributed by atoms with van der Waals surface area (Å²) >= 11 is 3.45. The molecule has 3 N–H and O–H groups in total. The third-order valence-corrected chi connectivity index (χ3v) is 4.24. The number of carboxylic acids is 1. The van der Waals surface area contributed by atoms with Crippen LogP contribution in [0.4, 0.5) is 0 Å². The van der Waals surface area contributed by atoms with Crippen molar-refractivity contribution in [1.82, 2.24) is 0 Å². The average molecular weight is 439 g/mol. The maximum atomic E-state index is 11.0. The molecule has 0 bridgehead atoms. The molecule has 0 saturated carbocycles. The number of aromatic carboxylic acids is 1. The van der Waals surface area contributed by atoms with Gasteiger partial charge in [0.2, 0.25) is 0 Å². The third-order valence-electron chi connectivity index (χ3n) is 2.76. The predicted molar refractivity (Wildman–Crippen MR) is 103 cm³/mol. The number of hydrogen-bond donors (Lipinski definition) is 2. The lowest BCUT2D eigenvalue weighted by atomic mass is 10.1. The molecule has 5 nitrogen and oxygen atoms in total. The van der Waals surface area contributed by atoms with Crippen LogP contribution in [0.2, 0.25) is 0 Å². The van der Waals surface area contributed by atoms with Gasteiger partial charge in [-0.2, -0.15) is 5.10 Å². The van der Waals surface area contributed by atoms with Crippen molar-refractivity contribution in [2.75, 3.05) is 0 Å². The number of nitrogens with two attached hydrogens (primary N) is 1. The standard InChI is InChI=1S/C16H14IN3O2S/c17-14-7-12(6-13(8-14)15(21)22)9-19-20-16(18)23-10-11-4-2-1-3-5-11/h1-9H,10H2,(H2,18,20)(H,21,22). The predicted octanol–water partition coefficient (Wildman–Crippen LogP) is 3.57. The first-order valence-corrected chi connectivity index (χ1v) is 8.68. The zero-order valence-electron chi connectivity index (χ0n) is 12.0. The van der Waals surface area contributed by atoms with E-state index in [0.29, 0.717) is 10.7 Å². The number of carbonyl (C=O) groups is 1. The van der Waals surface area contributed by atoms with Crippen molar-refractivity contribution in [2.24, 2.45) is 15.9 Å². The molecule has 0 atom stereocenters. The van der Waals surface area contributed by atoms with Crippen LogP contribution in [-0.4, -0.2) is 22.5 Å². The summed E-state index contributed by atoms with van der Waals surface area (Å²) in [6.07, 6.45) is 1.49. The van der Waals surface area contributed by atoms with Crippen LogP contribution in [0, 0.1) is 3.57 Å². The second kappa shape index (κ2) is 8.68. The fraction of sp³-hybridized carbons (Fsp3) is 0.0625. The lowest BCUT2D eigenvalue weighted by Crippen LogP contribution is -2.06. The number of thioether (sulfide) groups is 1. The Kier molecular flexibility index (Phi) is 6.60. The fourth-order valence-electron chi connectivity index (χ4n) is 1.72. The van der Waals surface area contributed by atoms with Gasteiger partial charge in [-0.1, -0.05) is 42.1 Å². The summed E-state index contributed by atoms with van der Waals surface area (Å²) in [7, 11) is 0. The van der Waals surface area contributed by atoms with Gasteiger partial charge >= 0.3 is 5.97 Å². The molecule has 0 aliphatic rings. The molecule has 0 saturated heterocycles. The minimum Gasteiger partial charge on any atom is -0.478 e. The second-order valence-electron chi connectivity index (χ2n) is 4.54. The largest absolute Gasteiger partial charge is 0.478 e. The zero-order valence-corrected chi connectivity index (χ0v) is 15.0. The first-order chi connectivity index (χ1) is 11.0. The van der Waals surface area contributed by atoms with Gasteiger partial charge in [0, 0.05) is 9.32 Å². The summed E-state index contributed by atoms with van der Waals surface area (Å²) in [5, 5.41) is 17.2. The Morgan fingerprint density at radius 3 is 2.70 bits per heavy atom. The van der Waals surface area contributed by atoms with Crippen LogP contribution in [-0.2, 0) is 5.75 Å². The maximum Gasteiger partial charge on any atom is 0.335 e. The van der Waals surface area contributed by atoms with Crippen molar-refractivity contribution in [3.05, 3.63) is 68.8 Å². The van der Waals surface area contributed by atoms with Crippen molar-refractivity contribution in [3.63, 3.8) is 0 Å². The normalized spacial score (nSPS) is 11.8. The van der Waals surface area contributed by atoms with Crippen LogP contribution in [0.25, 0.3) is 0 Å². The molecule has 2 rings (SSSR count). The Bertz CT molecular complexity index is 748. The van der Waals surface area contributed by atoms with Gasteiger partial charge in [0.05, 0.1) is 11.8 Å². The smallest absolute Gasteiger partial charge is 0.335 e. The quantitative estimate of drug-likeness (QED) is 0.323. The molecular formula is C16H14IN3O2S. The van der Waals surface area contributed by atoms with Gasteiger partial charge in [0.15, 0.2) is 5.17 Å². The van der Waals surface area contributed by atoms with E-state index in [-0.39, 0.29) is 5.56 Å². The minimum atomic E-state index is -0.973. The van der Waals surface area contributed by atoms with E-state index < -0.39 is 5.97 Å². The van der Waals surface area contributed by atoms with Crippen LogP contribution in [0.1, 0.15) is 21.5 Å². The molecule has 0 amide bonds. The molecule has 0 unspecified atom stereocenters. The molecule has 0 spiro atoms. The number of carboxylic acid groups (broad SMARTS) is 1. The Morgan fingerprint density at radius 1 is 1.26 bits per heavy atom. The minimum absolute atomic E-state index is 0.216. The Balaban J connectivity index is 1.98. The Hall–Kier alpha value is -1.87. The van der Waals surface area contributed by atoms with E-state index >= 15 is 0 Å². The topological polar surface area (TPSA) is 88.0 Å². The summed E-state index contributed by atoms with van der Waals surface area (Å²) in [5.74, 6) is -0.252. The number of halogens is 1. The number of benzene rings is 2. The molecule has 0 heterocycles. The first kappa shape index (κ1) is 17.5.